The molecule has 1 atom stereocenters. The molecule has 1 fully saturated rings. The number of hydrogen-bond donors (Lipinski definition) is 1. The summed E-state index contributed by atoms with van der Waals surface area (Å²) in [4.78, 5) is 28.7. The summed E-state index contributed by atoms with van der Waals surface area (Å²) in [5.74, 6) is -0.710. The van der Waals surface area contributed by atoms with Gasteiger partial charge >= 0.3 is 0 Å². The zero-order valence-corrected chi connectivity index (χ0v) is 24.6. The minimum absolute atomic E-state index is 0.0804. The molecular formula is C28H37Cl2N3O4S. The first-order chi connectivity index (χ1) is 18.0. The van der Waals surface area contributed by atoms with Crippen LogP contribution in [0.15, 0.2) is 42.5 Å². The van der Waals surface area contributed by atoms with Crippen LogP contribution in [0.3, 0.4) is 0 Å². The number of sulfonamides is 1. The van der Waals surface area contributed by atoms with Crippen LogP contribution in [0.5, 0.6) is 0 Å². The molecule has 0 aromatic heterocycles. The highest BCUT2D eigenvalue weighted by Crippen LogP contribution is 2.25. The van der Waals surface area contributed by atoms with E-state index in [-0.39, 0.29) is 18.5 Å². The van der Waals surface area contributed by atoms with Gasteiger partial charge in [-0.05, 0) is 61.1 Å². The molecule has 38 heavy (non-hydrogen) atoms. The van der Waals surface area contributed by atoms with Gasteiger partial charge in [-0.15, -0.1) is 0 Å². The van der Waals surface area contributed by atoms with E-state index in [2.05, 4.69) is 5.32 Å². The van der Waals surface area contributed by atoms with E-state index in [4.69, 9.17) is 23.2 Å². The Morgan fingerprint density at radius 3 is 2.16 bits per heavy atom. The molecule has 1 aliphatic rings. The van der Waals surface area contributed by atoms with E-state index in [0.717, 1.165) is 54.6 Å². The number of amides is 2. The van der Waals surface area contributed by atoms with Crippen molar-refractivity contribution in [2.75, 3.05) is 17.1 Å². The summed E-state index contributed by atoms with van der Waals surface area (Å²) in [5.41, 5.74) is 2.14. The van der Waals surface area contributed by atoms with Gasteiger partial charge in [0.1, 0.15) is 12.6 Å². The van der Waals surface area contributed by atoms with Gasteiger partial charge in [0.05, 0.1) is 22.0 Å². The SMILES string of the molecule is CCc1ccc(N(CC(=O)N(Cc2ccc(Cl)c(Cl)c2)[C@@H](CC)C(=O)NC2CCCCC2)S(C)(=O)=O)cc1. The number of nitrogens with one attached hydrogen (secondary N) is 1. The first-order valence-electron chi connectivity index (χ1n) is 13.1. The van der Waals surface area contributed by atoms with E-state index in [1.807, 2.05) is 26.0 Å². The van der Waals surface area contributed by atoms with E-state index in [1.54, 1.807) is 30.3 Å². The van der Waals surface area contributed by atoms with Crippen molar-refractivity contribution in [3.8, 4) is 0 Å². The standard InChI is InChI=1S/C28H37Cl2N3O4S/c1-4-20-11-14-23(15-12-20)33(38(3,36)37)19-27(34)32(18-21-13-16-24(29)25(30)17-21)26(5-2)28(35)31-22-9-7-6-8-10-22/h11-17,22,26H,4-10,18-19H2,1-3H3,(H,31,35)/t26-/m0/s1. The van der Waals surface area contributed by atoms with Crippen LogP contribution >= 0.6 is 23.2 Å². The Morgan fingerprint density at radius 2 is 1.61 bits per heavy atom. The number of carbonyl (C=O) groups is 2. The number of anilines is 1. The lowest BCUT2D eigenvalue weighted by molar-refractivity contribution is -0.140. The Morgan fingerprint density at radius 1 is 0.974 bits per heavy atom. The zero-order chi connectivity index (χ0) is 27.9. The summed E-state index contributed by atoms with van der Waals surface area (Å²) < 4.78 is 26.6. The molecule has 10 heteroatoms. The van der Waals surface area contributed by atoms with Crippen LogP contribution in [-0.2, 0) is 32.6 Å². The van der Waals surface area contributed by atoms with Crippen LogP contribution in [-0.4, -0.2) is 50.0 Å². The van der Waals surface area contributed by atoms with Gasteiger partial charge in [0.15, 0.2) is 0 Å². The maximum atomic E-state index is 13.8. The molecule has 0 heterocycles. The van der Waals surface area contributed by atoms with Crippen molar-refractivity contribution in [3.05, 3.63) is 63.6 Å². The molecule has 0 unspecified atom stereocenters. The Hall–Kier alpha value is -2.29. The molecule has 2 aromatic carbocycles. The van der Waals surface area contributed by atoms with Crippen LogP contribution in [0.4, 0.5) is 5.69 Å². The first kappa shape index (κ1) is 30.3. The summed E-state index contributed by atoms with van der Waals surface area (Å²) in [6, 6.07) is 11.4. The van der Waals surface area contributed by atoms with Crippen LogP contribution in [0.2, 0.25) is 10.0 Å². The largest absolute Gasteiger partial charge is 0.352 e. The van der Waals surface area contributed by atoms with Gasteiger partial charge in [-0.2, -0.15) is 0 Å². The second-order valence-electron chi connectivity index (χ2n) is 9.83. The fraction of sp³-hybridized carbons (Fsp3) is 0.500. The number of aryl methyl sites for hydroxylation is 1. The molecule has 1 N–H and O–H groups in total. The summed E-state index contributed by atoms with van der Waals surface area (Å²) in [5, 5.41) is 3.85. The van der Waals surface area contributed by atoms with E-state index in [9.17, 15) is 18.0 Å². The van der Waals surface area contributed by atoms with E-state index >= 15 is 0 Å². The Bertz CT molecular complexity index is 1220. The molecule has 0 radical (unpaired) electrons. The fourth-order valence-electron chi connectivity index (χ4n) is 4.81. The van der Waals surface area contributed by atoms with E-state index in [1.165, 1.54) is 4.90 Å². The average Bonchev–Trinajstić information content (AvgIpc) is 2.89. The van der Waals surface area contributed by atoms with Crippen LogP contribution in [0.1, 0.15) is 63.5 Å². The maximum Gasteiger partial charge on any atom is 0.244 e. The third-order valence-electron chi connectivity index (χ3n) is 6.99. The molecular weight excluding hydrogens is 545 g/mol. The number of nitrogens with zero attached hydrogens (tertiary/aromatic N) is 2. The lowest BCUT2D eigenvalue weighted by Gasteiger charge is -2.34. The van der Waals surface area contributed by atoms with E-state index < -0.39 is 28.5 Å². The van der Waals surface area contributed by atoms with Crippen LogP contribution in [0, 0.1) is 0 Å². The molecule has 3 rings (SSSR count). The van der Waals surface area contributed by atoms with Gasteiger partial charge in [-0.25, -0.2) is 8.42 Å². The molecule has 2 amide bonds. The molecule has 0 spiro atoms. The Kier molecular flexibility index (Phi) is 10.9. The van der Waals surface area contributed by atoms with Gasteiger partial charge in [-0.3, -0.25) is 13.9 Å². The summed E-state index contributed by atoms with van der Waals surface area (Å²) in [6.45, 7) is 3.51. The number of rotatable bonds is 11. The topological polar surface area (TPSA) is 86.8 Å². The van der Waals surface area contributed by atoms with Crippen molar-refractivity contribution in [1.29, 1.82) is 0 Å². The van der Waals surface area contributed by atoms with Gasteiger partial charge in [0.25, 0.3) is 0 Å². The van der Waals surface area contributed by atoms with Crippen molar-refractivity contribution in [1.82, 2.24) is 10.2 Å². The van der Waals surface area contributed by atoms with Gasteiger partial charge in [0.2, 0.25) is 21.8 Å². The van der Waals surface area contributed by atoms with Crippen molar-refractivity contribution in [3.63, 3.8) is 0 Å². The van der Waals surface area contributed by atoms with Crippen molar-refractivity contribution < 1.29 is 18.0 Å². The number of halogens is 2. The predicted molar refractivity (Wildman–Crippen MR) is 154 cm³/mol. The summed E-state index contributed by atoms with van der Waals surface area (Å²) in [7, 11) is -3.78. The highest BCUT2D eigenvalue weighted by atomic mass is 35.5. The monoisotopic (exact) mass is 581 g/mol. The molecule has 0 bridgehead atoms. The van der Waals surface area contributed by atoms with E-state index in [0.29, 0.717) is 27.7 Å². The predicted octanol–water partition coefficient (Wildman–Crippen LogP) is 5.58. The third kappa shape index (κ3) is 8.10. The number of hydrogen-bond acceptors (Lipinski definition) is 4. The summed E-state index contributed by atoms with van der Waals surface area (Å²) >= 11 is 12.3. The van der Waals surface area contributed by atoms with Gasteiger partial charge in [-0.1, -0.05) is 74.5 Å². The van der Waals surface area contributed by atoms with Crippen LogP contribution < -0.4 is 9.62 Å². The van der Waals surface area contributed by atoms with Gasteiger partial charge in [0, 0.05) is 12.6 Å². The Labute approximate surface area is 236 Å². The molecule has 1 aliphatic carbocycles. The molecule has 2 aromatic rings. The lowest BCUT2D eigenvalue weighted by Crippen LogP contribution is -2.53. The second kappa shape index (κ2) is 13.7. The summed E-state index contributed by atoms with van der Waals surface area (Å²) in [6.07, 6.45) is 7.37. The Balaban J connectivity index is 1.92. The number of benzene rings is 2. The third-order valence-corrected chi connectivity index (χ3v) is 8.87. The van der Waals surface area contributed by atoms with Gasteiger partial charge < -0.3 is 10.2 Å². The molecule has 208 valence electrons. The first-order valence-corrected chi connectivity index (χ1v) is 15.7. The lowest BCUT2D eigenvalue weighted by atomic mass is 9.95. The highest BCUT2D eigenvalue weighted by molar-refractivity contribution is 7.92. The highest BCUT2D eigenvalue weighted by Gasteiger charge is 2.33. The molecule has 7 nitrogen and oxygen atoms in total. The fourth-order valence-corrected chi connectivity index (χ4v) is 5.98. The van der Waals surface area contributed by atoms with Crippen molar-refractivity contribution in [2.45, 2.75) is 77.4 Å². The van der Waals surface area contributed by atoms with Crippen molar-refractivity contribution in [2.24, 2.45) is 0 Å². The zero-order valence-electron chi connectivity index (χ0n) is 22.3. The molecule has 0 aliphatic heterocycles. The second-order valence-corrected chi connectivity index (χ2v) is 12.5. The minimum atomic E-state index is -3.78. The minimum Gasteiger partial charge on any atom is -0.352 e. The molecule has 0 saturated heterocycles. The van der Waals surface area contributed by atoms with Crippen molar-refractivity contribution >= 4 is 50.7 Å². The maximum absolute atomic E-state index is 13.8. The normalized spacial score (nSPS) is 15.1. The average molecular weight is 583 g/mol. The molecule has 1 saturated carbocycles. The van der Waals surface area contributed by atoms with Crippen LogP contribution in [0.25, 0.3) is 0 Å². The smallest absolute Gasteiger partial charge is 0.244 e. The number of carbonyl (C=O) groups excluding carboxylic acids is 2. The quantitative estimate of drug-likeness (QED) is 0.375.